The van der Waals surface area contributed by atoms with Crippen LogP contribution < -0.4 is 10.2 Å². The summed E-state index contributed by atoms with van der Waals surface area (Å²) in [5.41, 5.74) is 2.75. The van der Waals surface area contributed by atoms with Crippen molar-refractivity contribution in [3.05, 3.63) is 29.8 Å². The average Bonchev–Trinajstić information content (AvgIpc) is 2.46. The van der Waals surface area contributed by atoms with Gasteiger partial charge in [-0.3, -0.25) is 0 Å². The van der Waals surface area contributed by atoms with Gasteiger partial charge in [0.1, 0.15) is 0 Å². The smallest absolute Gasteiger partial charge is 0.0434 e. The summed E-state index contributed by atoms with van der Waals surface area (Å²) in [7, 11) is 0. The van der Waals surface area contributed by atoms with Gasteiger partial charge in [-0.1, -0.05) is 25.1 Å². The van der Waals surface area contributed by atoms with Gasteiger partial charge in [0, 0.05) is 31.9 Å². The normalized spacial score (nSPS) is 19.7. The maximum Gasteiger partial charge on any atom is 0.0434 e. The molecule has 106 valence electrons. The van der Waals surface area contributed by atoms with E-state index in [1.165, 1.54) is 24.1 Å². The van der Waals surface area contributed by atoms with Gasteiger partial charge >= 0.3 is 0 Å². The van der Waals surface area contributed by atoms with Crippen LogP contribution in [0.5, 0.6) is 0 Å². The minimum absolute atomic E-state index is 0.317. The van der Waals surface area contributed by atoms with Gasteiger partial charge < -0.3 is 15.3 Å². The van der Waals surface area contributed by atoms with Crippen LogP contribution >= 0.6 is 0 Å². The van der Waals surface area contributed by atoms with Crippen molar-refractivity contribution in [1.82, 2.24) is 5.32 Å². The number of rotatable bonds is 6. The largest absolute Gasteiger partial charge is 0.396 e. The third-order valence-electron chi connectivity index (χ3n) is 3.95. The van der Waals surface area contributed by atoms with E-state index in [0.717, 1.165) is 32.6 Å². The predicted octanol–water partition coefficient (Wildman–Crippen LogP) is 2.39. The molecule has 1 heterocycles. The number of benzene rings is 1. The molecule has 1 fully saturated rings. The Labute approximate surface area is 116 Å². The van der Waals surface area contributed by atoms with E-state index in [2.05, 4.69) is 41.4 Å². The first-order chi connectivity index (χ1) is 9.35. The highest BCUT2D eigenvalue weighted by atomic mass is 16.3. The van der Waals surface area contributed by atoms with Crippen LogP contribution in [0.2, 0.25) is 0 Å². The van der Waals surface area contributed by atoms with Crippen molar-refractivity contribution in [2.24, 2.45) is 5.92 Å². The van der Waals surface area contributed by atoms with Gasteiger partial charge in [0.15, 0.2) is 0 Å². The highest BCUT2D eigenvalue weighted by Crippen LogP contribution is 2.27. The molecular formula is C16H26N2O. The molecule has 1 atom stereocenters. The lowest BCUT2D eigenvalue weighted by molar-refractivity contribution is 0.244. The molecule has 0 aromatic heterocycles. The van der Waals surface area contributed by atoms with E-state index in [-0.39, 0.29) is 0 Å². The van der Waals surface area contributed by atoms with Gasteiger partial charge in [0.2, 0.25) is 0 Å². The monoisotopic (exact) mass is 262 g/mol. The highest BCUT2D eigenvalue weighted by Gasteiger charge is 2.20. The van der Waals surface area contributed by atoms with Gasteiger partial charge in [0.25, 0.3) is 0 Å². The number of nitrogens with zero attached hydrogens (tertiary/aromatic N) is 1. The summed E-state index contributed by atoms with van der Waals surface area (Å²) < 4.78 is 0. The zero-order chi connectivity index (χ0) is 13.5. The molecule has 1 aliphatic rings. The Hall–Kier alpha value is -1.06. The van der Waals surface area contributed by atoms with Crippen LogP contribution in [0.1, 0.15) is 31.7 Å². The number of nitrogens with one attached hydrogen (secondary N) is 1. The quantitative estimate of drug-likeness (QED) is 0.826. The first-order valence-corrected chi connectivity index (χ1v) is 7.49. The second-order valence-corrected chi connectivity index (χ2v) is 5.38. The number of hydrogen-bond donors (Lipinski definition) is 2. The fourth-order valence-electron chi connectivity index (χ4n) is 2.93. The molecule has 3 heteroatoms. The van der Waals surface area contributed by atoms with E-state index in [4.69, 9.17) is 5.11 Å². The molecule has 1 aromatic carbocycles. The number of aliphatic hydroxyl groups is 1. The predicted molar refractivity (Wildman–Crippen MR) is 80.5 cm³/mol. The molecule has 2 rings (SSSR count). The van der Waals surface area contributed by atoms with Crippen molar-refractivity contribution in [2.75, 3.05) is 31.1 Å². The maximum absolute atomic E-state index is 9.12. The van der Waals surface area contributed by atoms with Crippen LogP contribution in [0.25, 0.3) is 0 Å². The van der Waals surface area contributed by atoms with Crippen LogP contribution in [-0.2, 0) is 6.54 Å². The fraction of sp³-hybridized carbons (Fsp3) is 0.625. The minimum Gasteiger partial charge on any atom is -0.396 e. The van der Waals surface area contributed by atoms with Gasteiger partial charge in [-0.2, -0.15) is 0 Å². The van der Waals surface area contributed by atoms with Crippen LogP contribution in [0.15, 0.2) is 24.3 Å². The Balaban J connectivity index is 2.07. The standard InChI is InChI=1S/C16H26N2O/c1-2-17-12-15-7-3-4-8-16(15)18-10-5-6-14(13-18)9-11-19/h3-4,7-8,14,17,19H,2,5-6,9-13H2,1H3. The second-order valence-electron chi connectivity index (χ2n) is 5.38. The third-order valence-corrected chi connectivity index (χ3v) is 3.95. The molecule has 1 saturated heterocycles. The van der Waals surface area contributed by atoms with Crippen molar-refractivity contribution < 1.29 is 5.11 Å². The summed E-state index contributed by atoms with van der Waals surface area (Å²) in [6.45, 7) is 6.63. The molecule has 0 bridgehead atoms. The van der Waals surface area contributed by atoms with E-state index in [1.54, 1.807) is 0 Å². The molecule has 0 radical (unpaired) electrons. The van der Waals surface area contributed by atoms with Gasteiger partial charge in [-0.25, -0.2) is 0 Å². The first-order valence-electron chi connectivity index (χ1n) is 7.49. The third kappa shape index (κ3) is 3.95. The molecule has 3 nitrogen and oxygen atoms in total. The number of hydrogen-bond acceptors (Lipinski definition) is 3. The summed E-state index contributed by atoms with van der Waals surface area (Å²) in [6, 6.07) is 8.69. The van der Waals surface area contributed by atoms with Crippen molar-refractivity contribution in [3.63, 3.8) is 0 Å². The van der Waals surface area contributed by atoms with Crippen LogP contribution in [0.3, 0.4) is 0 Å². The van der Waals surface area contributed by atoms with E-state index >= 15 is 0 Å². The van der Waals surface area contributed by atoms with E-state index in [1.807, 2.05) is 0 Å². The molecule has 0 amide bonds. The van der Waals surface area contributed by atoms with Crippen molar-refractivity contribution in [3.8, 4) is 0 Å². The Kier molecular flexibility index (Phi) is 5.67. The zero-order valence-corrected chi connectivity index (χ0v) is 11.9. The van der Waals surface area contributed by atoms with Crippen LogP contribution in [0.4, 0.5) is 5.69 Å². The SMILES string of the molecule is CCNCc1ccccc1N1CCCC(CCO)C1. The second kappa shape index (κ2) is 7.51. The van der Waals surface area contributed by atoms with Gasteiger partial charge in [0.05, 0.1) is 0 Å². The Morgan fingerprint density at radius 2 is 2.21 bits per heavy atom. The Bertz CT molecular complexity index is 379. The van der Waals surface area contributed by atoms with Crippen molar-refractivity contribution in [2.45, 2.75) is 32.7 Å². The zero-order valence-electron chi connectivity index (χ0n) is 11.9. The summed E-state index contributed by atoms with van der Waals surface area (Å²) in [5, 5.41) is 12.5. The van der Waals surface area contributed by atoms with Crippen molar-refractivity contribution >= 4 is 5.69 Å². The lowest BCUT2D eigenvalue weighted by Gasteiger charge is -2.35. The fourth-order valence-corrected chi connectivity index (χ4v) is 2.93. The number of anilines is 1. The van der Waals surface area contributed by atoms with Gasteiger partial charge in [-0.15, -0.1) is 0 Å². The molecule has 0 aliphatic carbocycles. The summed E-state index contributed by atoms with van der Waals surface area (Å²) in [5.74, 6) is 0.644. The summed E-state index contributed by atoms with van der Waals surface area (Å²) in [6.07, 6.45) is 3.43. The average molecular weight is 262 g/mol. The van der Waals surface area contributed by atoms with Crippen LogP contribution in [-0.4, -0.2) is 31.3 Å². The number of piperidine rings is 1. The van der Waals surface area contributed by atoms with E-state index < -0.39 is 0 Å². The Morgan fingerprint density at radius 1 is 1.37 bits per heavy atom. The van der Waals surface area contributed by atoms with Crippen LogP contribution in [0, 0.1) is 5.92 Å². The molecule has 2 N–H and O–H groups in total. The molecular weight excluding hydrogens is 236 g/mol. The van der Waals surface area contributed by atoms with Gasteiger partial charge in [-0.05, 0) is 43.4 Å². The summed E-state index contributed by atoms with van der Waals surface area (Å²) in [4.78, 5) is 2.50. The molecule has 19 heavy (non-hydrogen) atoms. The molecule has 1 aromatic rings. The molecule has 1 unspecified atom stereocenters. The topological polar surface area (TPSA) is 35.5 Å². The molecule has 1 aliphatic heterocycles. The molecule has 0 spiro atoms. The first kappa shape index (κ1) is 14.4. The lowest BCUT2D eigenvalue weighted by atomic mass is 9.94. The van der Waals surface area contributed by atoms with E-state index in [9.17, 15) is 0 Å². The van der Waals surface area contributed by atoms with E-state index in [0.29, 0.717) is 12.5 Å². The molecule has 0 saturated carbocycles. The number of aliphatic hydroxyl groups excluding tert-OH is 1. The lowest BCUT2D eigenvalue weighted by Crippen LogP contribution is -2.36. The maximum atomic E-state index is 9.12. The number of para-hydroxylation sites is 1. The van der Waals surface area contributed by atoms with Crippen molar-refractivity contribution in [1.29, 1.82) is 0 Å². The Morgan fingerprint density at radius 3 is 3.00 bits per heavy atom. The highest BCUT2D eigenvalue weighted by molar-refractivity contribution is 5.54. The summed E-state index contributed by atoms with van der Waals surface area (Å²) >= 11 is 0. The minimum atomic E-state index is 0.317.